The third-order valence-corrected chi connectivity index (χ3v) is 4.58. The van der Waals surface area contributed by atoms with Gasteiger partial charge in [-0.1, -0.05) is 34.6 Å². The Labute approximate surface area is 135 Å². The average Bonchev–Trinajstić information content (AvgIpc) is 2.37. The van der Waals surface area contributed by atoms with E-state index in [1.807, 2.05) is 11.8 Å². The molecule has 0 aromatic carbocycles. The molecule has 0 atom stereocenters. The Morgan fingerprint density at radius 1 is 1.20 bits per heavy atom. The molecule has 1 N–H and O–H groups in total. The summed E-state index contributed by atoms with van der Waals surface area (Å²) < 4.78 is 1.03. The maximum absolute atomic E-state index is 4.73. The lowest BCUT2D eigenvalue weighted by atomic mass is 10.1. The van der Waals surface area contributed by atoms with Crippen molar-refractivity contribution in [1.29, 1.82) is 0 Å². The highest BCUT2D eigenvalue weighted by molar-refractivity contribution is 9.10. The highest BCUT2D eigenvalue weighted by Gasteiger charge is 2.13. The van der Waals surface area contributed by atoms with Crippen LogP contribution in [0.2, 0.25) is 0 Å². The summed E-state index contributed by atoms with van der Waals surface area (Å²) in [4.78, 5) is 9.39. The van der Waals surface area contributed by atoms with Crippen LogP contribution in [0.5, 0.6) is 0 Å². The zero-order valence-electron chi connectivity index (χ0n) is 13.2. The van der Waals surface area contributed by atoms with Gasteiger partial charge >= 0.3 is 0 Å². The first-order chi connectivity index (χ1) is 9.43. The molecule has 1 rings (SSSR count). The fraction of sp³-hybridized carbons (Fsp3) is 0.733. The predicted molar refractivity (Wildman–Crippen MR) is 93.5 cm³/mol. The molecular weight excluding hydrogens is 334 g/mol. The van der Waals surface area contributed by atoms with Crippen molar-refractivity contribution in [3.63, 3.8) is 0 Å². The summed E-state index contributed by atoms with van der Waals surface area (Å²) in [5.41, 5.74) is 1.12. The van der Waals surface area contributed by atoms with Gasteiger partial charge in [-0.15, -0.1) is 0 Å². The highest BCUT2D eigenvalue weighted by atomic mass is 79.9. The van der Waals surface area contributed by atoms with Gasteiger partial charge < -0.3 is 5.32 Å². The van der Waals surface area contributed by atoms with Crippen molar-refractivity contribution >= 4 is 33.5 Å². The summed E-state index contributed by atoms with van der Waals surface area (Å²) in [6.45, 7) is 11.9. The van der Waals surface area contributed by atoms with E-state index in [1.54, 1.807) is 0 Å². The van der Waals surface area contributed by atoms with Crippen molar-refractivity contribution in [3.05, 3.63) is 16.0 Å². The summed E-state index contributed by atoms with van der Waals surface area (Å²) >= 11 is 5.54. The lowest BCUT2D eigenvalue weighted by molar-refractivity contribution is 0.629. The van der Waals surface area contributed by atoms with E-state index in [0.29, 0.717) is 11.2 Å². The van der Waals surface area contributed by atoms with E-state index in [9.17, 15) is 0 Å². The number of hydrogen-bond donors (Lipinski definition) is 1. The summed E-state index contributed by atoms with van der Waals surface area (Å²) in [5, 5.41) is 4.00. The van der Waals surface area contributed by atoms with Gasteiger partial charge in [0.1, 0.15) is 11.6 Å². The third kappa shape index (κ3) is 6.00. The van der Waals surface area contributed by atoms with Crippen LogP contribution < -0.4 is 5.32 Å². The molecule has 0 fully saturated rings. The molecule has 0 aliphatic rings. The molecule has 1 aromatic heterocycles. The molecule has 0 radical (unpaired) electrons. The molecule has 0 unspecified atom stereocenters. The van der Waals surface area contributed by atoms with Crippen molar-refractivity contribution in [3.8, 4) is 0 Å². The Bertz CT molecular complexity index is 422. The van der Waals surface area contributed by atoms with Gasteiger partial charge in [0, 0.05) is 6.54 Å². The predicted octanol–water partition coefficient (Wildman–Crippen LogP) is 4.90. The number of nitrogens with one attached hydrogen (secondary N) is 1. The molecule has 5 heteroatoms. The van der Waals surface area contributed by atoms with Crippen molar-refractivity contribution in [1.82, 2.24) is 9.97 Å². The Hall–Kier alpha value is -0.290. The van der Waals surface area contributed by atoms with Gasteiger partial charge in [-0.25, -0.2) is 9.97 Å². The number of nitrogens with zero attached hydrogens (tertiary/aromatic N) is 2. The number of thioether (sulfide) groups is 1. The van der Waals surface area contributed by atoms with Crippen LogP contribution in [-0.4, -0.2) is 21.8 Å². The molecule has 0 aliphatic heterocycles. The number of hydrogen-bond acceptors (Lipinski definition) is 4. The van der Waals surface area contributed by atoms with Crippen LogP contribution in [0.25, 0.3) is 0 Å². The van der Waals surface area contributed by atoms with Crippen molar-refractivity contribution in [2.24, 2.45) is 5.92 Å². The normalized spacial score (nSPS) is 11.4. The van der Waals surface area contributed by atoms with E-state index < -0.39 is 0 Å². The molecule has 0 spiro atoms. The summed E-state index contributed by atoms with van der Waals surface area (Å²) in [6.07, 6.45) is 2.06. The molecule has 0 saturated carbocycles. The minimum atomic E-state index is 0.589. The smallest absolute Gasteiger partial charge is 0.144 e. The molecular formula is C15H26BrN3S. The Morgan fingerprint density at radius 3 is 2.45 bits per heavy atom. The first-order valence-corrected chi connectivity index (χ1v) is 9.18. The molecule has 3 nitrogen and oxygen atoms in total. The second-order valence-electron chi connectivity index (χ2n) is 5.63. The summed E-state index contributed by atoms with van der Waals surface area (Å²) in [5.74, 6) is 3.33. The Balaban J connectivity index is 2.98. The van der Waals surface area contributed by atoms with Crippen LogP contribution in [0.15, 0.2) is 4.47 Å². The van der Waals surface area contributed by atoms with Crippen LogP contribution in [0.1, 0.15) is 52.6 Å². The fourth-order valence-electron chi connectivity index (χ4n) is 1.73. The minimum Gasteiger partial charge on any atom is -0.369 e. The van der Waals surface area contributed by atoms with Crippen molar-refractivity contribution in [2.75, 3.05) is 11.9 Å². The first-order valence-electron chi connectivity index (χ1n) is 7.34. The van der Waals surface area contributed by atoms with Gasteiger partial charge in [0.2, 0.25) is 0 Å². The van der Waals surface area contributed by atoms with E-state index in [0.717, 1.165) is 46.9 Å². The molecule has 0 amide bonds. The van der Waals surface area contributed by atoms with Crippen molar-refractivity contribution in [2.45, 2.75) is 58.5 Å². The van der Waals surface area contributed by atoms with E-state index >= 15 is 0 Å². The van der Waals surface area contributed by atoms with E-state index in [2.05, 4.69) is 60.8 Å². The van der Waals surface area contributed by atoms with Crippen LogP contribution in [0.3, 0.4) is 0 Å². The zero-order chi connectivity index (χ0) is 15.1. The van der Waals surface area contributed by atoms with Crippen LogP contribution in [0.4, 0.5) is 5.82 Å². The Kier molecular flexibility index (Phi) is 7.88. The van der Waals surface area contributed by atoms with Crippen LogP contribution >= 0.6 is 27.7 Å². The van der Waals surface area contributed by atoms with Gasteiger partial charge in [-0.2, -0.15) is 11.8 Å². The lowest BCUT2D eigenvalue weighted by Gasteiger charge is -2.14. The topological polar surface area (TPSA) is 37.8 Å². The third-order valence-electron chi connectivity index (χ3n) is 2.66. The largest absolute Gasteiger partial charge is 0.369 e. The van der Waals surface area contributed by atoms with E-state index in [4.69, 9.17) is 4.98 Å². The molecule has 114 valence electrons. The summed E-state index contributed by atoms with van der Waals surface area (Å²) in [6, 6.07) is 0. The van der Waals surface area contributed by atoms with Crippen LogP contribution in [0, 0.1) is 5.92 Å². The van der Waals surface area contributed by atoms with E-state index in [1.165, 1.54) is 0 Å². The molecule has 0 aliphatic carbocycles. The van der Waals surface area contributed by atoms with Crippen molar-refractivity contribution < 1.29 is 0 Å². The lowest BCUT2D eigenvalue weighted by Crippen LogP contribution is -2.10. The average molecular weight is 360 g/mol. The number of halogens is 1. The van der Waals surface area contributed by atoms with Gasteiger partial charge in [-0.3, -0.25) is 0 Å². The minimum absolute atomic E-state index is 0.589. The van der Waals surface area contributed by atoms with E-state index in [-0.39, 0.29) is 0 Å². The highest BCUT2D eigenvalue weighted by Crippen LogP contribution is 2.27. The molecule has 0 saturated heterocycles. The standard InChI is InChI=1S/C15H26BrN3S/c1-6-7-17-15-14(16)12(8-10(2)3)18-13(19-15)9-20-11(4)5/h10-11H,6-9H2,1-5H3,(H,17,18,19). The number of aromatic nitrogens is 2. The second kappa shape index (κ2) is 8.88. The molecule has 0 bridgehead atoms. The second-order valence-corrected chi connectivity index (χ2v) is 7.99. The maximum atomic E-state index is 4.73. The Morgan fingerprint density at radius 2 is 1.90 bits per heavy atom. The number of anilines is 1. The number of rotatable bonds is 8. The quantitative estimate of drug-likeness (QED) is 0.715. The van der Waals surface area contributed by atoms with Gasteiger partial charge in [0.05, 0.1) is 15.9 Å². The molecule has 20 heavy (non-hydrogen) atoms. The SMILES string of the molecule is CCCNc1nc(CSC(C)C)nc(CC(C)C)c1Br. The maximum Gasteiger partial charge on any atom is 0.144 e. The fourth-order valence-corrected chi connectivity index (χ4v) is 2.82. The molecule has 1 aromatic rings. The monoisotopic (exact) mass is 359 g/mol. The van der Waals surface area contributed by atoms with Gasteiger partial charge in [0.15, 0.2) is 0 Å². The summed E-state index contributed by atoms with van der Waals surface area (Å²) in [7, 11) is 0. The van der Waals surface area contributed by atoms with Gasteiger partial charge in [0.25, 0.3) is 0 Å². The zero-order valence-corrected chi connectivity index (χ0v) is 15.6. The van der Waals surface area contributed by atoms with Gasteiger partial charge in [-0.05, 0) is 39.9 Å². The van der Waals surface area contributed by atoms with Crippen LogP contribution in [-0.2, 0) is 12.2 Å². The molecule has 1 heterocycles. The first kappa shape index (κ1) is 17.8.